The lowest BCUT2D eigenvalue weighted by Gasteiger charge is -2.09. The molecule has 0 atom stereocenters. The summed E-state index contributed by atoms with van der Waals surface area (Å²) in [6, 6.07) is 6.13. The highest BCUT2D eigenvalue weighted by molar-refractivity contribution is 7.15. The standard InChI is InChI=1S/C13H13ClN4S/c1-17(2)12-6-11-10(16-12)4-3-5-18(11)8-9-7-15-13(14)19-9/h3-7H,8H2,1-2H3. The third-order valence-corrected chi connectivity index (χ3v) is 4.00. The minimum atomic E-state index is 0.581. The molecule has 0 aliphatic carbocycles. The second-order valence-corrected chi connectivity index (χ2v) is 6.19. The van der Waals surface area contributed by atoms with E-state index in [0.717, 1.165) is 28.6 Å². The quantitative estimate of drug-likeness (QED) is 0.743. The van der Waals surface area contributed by atoms with Crippen molar-refractivity contribution >= 4 is 28.8 Å². The molecule has 0 unspecified atom stereocenters. The topological polar surface area (TPSA) is 34.0 Å². The van der Waals surface area contributed by atoms with Crippen molar-refractivity contribution in [1.82, 2.24) is 14.5 Å². The summed E-state index contributed by atoms with van der Waals surface area (Å²) in [4.78, 5) is 11.8. The van der Waals surface area contributed by atoms with Crippen molar-refractivity contribution in [3.05, 3.63) is 39.9 Å². The molecule has 2 aliphatic rings. The number of fused-ring (bicyclic) bond motifs is 1. The molecule has 98 valence electrons. The van der Waals surface area contributed by atoms with Crippen LogP contribution in [0, 0.1) is 0 Å². The van der Waals surface area contributed by atoms with Crippen molar-refractivity contribution in [2.45, 2.75) is 6.54 Å². The van der Waals surface area contributed by atoms with Gasteiger partial charge in [0.2, 0.25) is 0 Å². The van der Waals surface area contributed by atoms with Crippen LogP contribution in [0.25, 0.3) is 11.4 Å². The normalized spacial score (nSPS) is 11.1. The van der Waals surface area contributed by atoms with E-state index in [1.165, 1.54) is 11.3 Å². The first-order valence-corrected chi connectivity index (χ1v) is 7.06. The summed E-state index contributed by atoms with van der Waals surface area (Å²) in [7, 11) is 3.99. The molecule has 3 rings (SSSR count). The number of rotatable bonds is 3. The van der Waals surface area contributed by atoms with Gasteiger partial charge in [-0.2, -0.15) is 0 Å². The van der Waals surface area contributed by atoms with Crippen molar-refractivity contribution in [2.75, 3.05) is 19.0 Å². The molecule has 0 aromatic carbocycles. The number of hydrogen-bond acceptors (Lipinski definition) is 4. The van der Waals surface area contributed by atoms with Crippen LogP contribution < -0.4 is 4.90 Å². The predicted octanol–water partition coefficient (Wildman–Crippen LogP) is 3.21. The van der Waals surface area contributed by atoms with Gasteiger partial charge in [0.15, 0.2) is 4.47 Å². The molecule has 0 fully saturated rings. The predicted molar refractivity (Wildman–Crippen MR) is 79.4 cm³/mol. The van der Waals surface area contributed by atoms with E-state index >= 15 is 0 Å². The maximum absolute atomic E-state index is 5.87. The average molecular weight is 293 g/mol. The molecule has 0 amide bonds. The Balaban J connectivity index is 1.99. The molecule has 19 heavy (non-hydrogen) atoms. The molecule has 0 N–H and O–H groups in total. The minimum Gasteiger partial charge on any atom is -0.363 e. The molecule has 3 heterocycles. The second-order valence-electron chi connectivity index (χ2n) is 4.49. The molecule has 2 aliphatic heterocycles. The molecular weight excluding hydrogens is 280 g/mol. The van der Waals surface area contributed by atoms with Crippen LogP contribution in [-0.4, -0.2) is 28.6 Å². The van der Waals surface area contributed by atoms with Crippen LogP contribution in [0.5, 0.6) is 0 Å². The summed E-state index contributed by atoms with van der Waals surface area (Å²) in [5, 5.41) is 0. The first-order valence-electron chi connectivity index (χ1n) is 5.87. The lowest BCUT2D eigenvalue weighted by Crippen LogP contribution is -2.08. The largest absolute Gasteiger partial charge is 0.363 e. The fraction of sp³-hybridized carbons (Fsp3) is 0.231. The maximum atomic E-state index is 5.87. The highest BCUT2D eigenvalue weighted by atomic mass is 35.5. The zero-order valence-corrected chi connectivity index (χ0v) is 12.2. The number of pyridine rings is 1. The third kappa shape index (κ3) is 2.43. The van der Waals surface area contributed by atoms with Gasteiger partial charge in [0.1, 0.15) is 5.82 Å². The van der Waals surface area contributed by atoms with E-state index in [2.05, 4.69) is 26.8 Å². The van der Waals surface area contributed by atoms with E-state index in [1.807, 2.05) is 37.3 Å². The fourth-order valence-corrected chi connectivity index (χ4v) is 2.95. The Labute approximate surface area is 120 Å². The number of hydrogen-bond donors (Lipinski definition) is 0. The molecule has 4 nitrogen and oxygen atoms in total. The summed E-state index contributed by atoms with van der Waals surface area (Å²) in [5.74, 6) is 0.970. The maximum Gasteiger partial charge on any atom is 0.183 e. The van der Waals surface area contributed by atoms with Gasteiger partial charge < -0.3 is 9.47 Å². The molecule has 6 heteroatoms. The van der Waals surface area contributed by atoms with Gasteiger partial charge in [0.25, 0.3) is 0 Å². The van der Waals surface area contributed by atoms with Crippen molar-refractivity contribution in [1.29, 1.82) is 0 Å². The third-order valence-electron chi connectivity index (χ3n) is 2.90. The van der Waals surface area contributed by atoms with Gasteiger partial charge in [-0.25, -0.2) is 9.97 Å². The monoisotopic (exact) mass is 292 g/mol. The van der Waals surface area contributed by atoms with Gasteiger partial charge in [-0.05, 0) is 12.1 Å². The Kier molecular flexibility index (Phi) is 3.16. The van der Waals surface area contributed by atoms with Gasteiger partial charge in [-0.3, -0.25) is 0 Å². The van der Waals surface area contributed by atoms with Crippen LogP contribution in [0.1, 0.15) is 4.88 Å². The van der Waals surface area contributed by atoms with Gasteiger partial charge in [0.05, 0.1) is 17.9 Å². The van der Waals surface area contributed by atoms with Crippen LogP contribution in [0.15, 0.2) is 30.6 Å². The number of anilines is 1. The molecule has 0 saturated heterocycles. The zero-order valence-electron chi connectivity index (χ0n) is 10.7. The van der Waals surface area contributed by atoms with Gasteiger partial charge in [0, 0.05) is 37.4 Å². The summed E-state index contributed by atoms with van der Waals surface area (Å²) in [6.07, 6.45) is 3.87. The molecule has 1 aromatic heterocycles. The SMILES string of the molecule is CN(C)c1cc2n(Cc3cnc(Cl)s3)cccc-2n1. The molecule has 0 saturated carbocycles. The Hall–Kier alpha value is -1.59. The van der Waals surface area contributed by atoms with E-state index in [1.54, 1.807) is 0 Å². The van der Waals surface area contributed by atoms with Crippen molar-refractivity contribution < 1.29 is 0 Å². The summed E-state index contributed by atoms with van der Waals surface area (Å²) in [6.45, 7) is 0.764. The van der Waals surface area contributed by atoms with Crippen molar-refractivity contribution in [3.8, 4) is 11.4 Å². The second kappa shape index (κ2) is 4.83. The summed E-state index contributed by atoms with van der Waals surface area (Å²) >= 11 is 7.38. The molecular formula is C13H13ClN4S. The first-order chi connectivity index (χ1) is 9.13. The first kappa shape index (κ1) is 12.4. The highest BCUT2D eigenvalue weighted by Gasteiger charge is 2.13. The van der Waals surface area contributed by atoms with Crippen LogP contribution in [-0.2, 0) is 6.54 Å². The Morgan fingerprint density at radius 1 is 1.42 bits per heavy atom. The van der Waals surface area contributed by atoms with Crippen LogP contribution in [0.3, 0.4) is 0 Å². The smallest absolute Gasteiger partial charge is 0.183 e. The average Bonchev–Trinajstić information content (AvgIpc) is 2.96. The van der Waals surface area contributed by atoms with Gasteiger partial charge in [-0.1, -0.05) is 11.6 Å². The fourth-order valence-electron chi connectivity index (χ4n) is 1.97. The zero-order chi connectivity index (χ0) is 13.4. The van der Waals surface area contributed by atoms with E-state index < -0.39 is 0 Å². The Morgan fingerprint density at radius 3 is 2.95 bits per heavy atom. The molecule has 1 aromatic rings. The van der Waals surface area contributed by atoms with Crippen LogP contribution in [0.2, 0.25) is 4.47 Å². The lowest BCUT2D eigenvalue weighted by atomic mass is 10.2. The highest BCUT2D eigenvalue weighted by Crippen LogP contribution is 2.28. The van der Waals surface area contributed by atoms with E-state index in [0.29, 0.717) is 4.47 Å². The molecule has 0 radical (unpaired) electrons. The van der Waals surface area contributed by atoms with Gasteiger partial charge in [-0.15, -0.1) is 11.3 Å². The van der Waals surface area contributed by atoms with Crippen LogP contribution in [0.4, 0.5) is 5.82 Å². The number of thiazole rings is 1. The summed E-state index contributed by atoms with van der Waals surface area (Å²) < 4.78 is 2.75. The van der Waals surface area contributed by atoms with E-state index in [4.69, 9.17) is 11.6 Å². The van der Waals surface area contributed by atoms with Gasteiger partial charge >= 0.3 is 0 Å². The summed E-state index contributed by atoms with van der Waals surface area (Å²) in [5.41, 5.74) is 2.12. The van der Waals surface area contributed by atoms with Crippen LogP contribution >= 0.6 is 22.9 Å². The van der Waals surface area contributed by atoms with E-state index in [9.17, 15) is 0 Å². The number of halogens is 1. The molecule has 0 spiro atoms. The number of nitrogens with zero attached hydrogens (tertiary/aromatic N) is 4. The van der Waals surface area contributed by atoms with Crippen molar-refractivity contribution in [3.63, 3.8) is 0 Å². The lowest BCUT2D eigenvalue weighted by molar-refractivity contribution is 0.810. The molecule has 0 bridgehead atoms. The Morgan fingerprint density at radius 2 is 2.26 bits per heavy atom. The van der Waals surface area contributed by atoms with Crippen molar-refractivity contribution in [2.24, 2.45) is 0 Å². The Bertz CT molecular complexity index is 673. The number of aromatic nitrogens is 3. The van der Waals surface area contributed by atoms with E-state index in [-0.39, 0.29) is 0 Å². The minimum absolute atomic E-state index is 0.581.